The molecule has 0 N–H and O–H groups in total. The van der Waals surface area contributed by atoms with E-state index in [9.17, 15) is 0 Å². The summed E-state index contributed by atoms with van der Waals surface area (Å²) in [6, 6.07) is 9.52. The van der Waals surface area contributed by atoms with Crippen LogP contribution in [0.5, 0.6) is 0 Å². The highest BCUT2D eigenvalue weighted by Gasteiger charge is 2.09. The zero-order chi connectivity index (χ0) is 11.3. The number of halogens is 3. The van der Waals surface area contributed by atoms with Crippen LogP contribution in [-0.2, 0) is 0 Å². The molecule has 0 amide bonds. The van der Waals surface area contributed by atoms with Gasteiger partial charge < -0.3 is 0 Å². The molecule has 0 fully saturated rings. The highest BCUT2D eigenvalue weighted by Crippen LogP contribution is 2.40. The van der Waals surface area contributed by atoms with Crippen LogP contribution in [0, 0.1) is 0 Å². The van der Waals surface area contributed by atoms with E-state index in [0.29, 0.717) is 10.0 Å². The molecule has 4 heteroatoms. The minimum absolute atomic E-state index is 0.662. The van der Waals surface area contributed by atoms with Crippen molar-refractivity contribution in [2.45, 2.75) is 0 Å². The van der Waals surface area contributed by atoms with Gasteiger partial charge in [0.15, 0.2) is 0 Å². The molecule has 1 heterocycles. The molecule has 80 valence electrons. The SMILES string of the molecule is Clc1ccc2c(c1)sc1cc(Cl)cc(Cl)c12. The zero-order valence-electron chi connectivity index (χ0n) is 7.93. The first-order valence-electron chi connectivity index (χ1n) is 4.62. The molecule has 0 saturated carbocycles. The molecular formula is C12H5Cl3S. The number of rotatable bonds is 0. The quantitative estimate of drug-likeness (QED) is 0.474. The topological polar surface area (TPSA) is 0 Å². The lowest BCUT2D eigenvalue weighted by atomic mass is 10.1. The second-order valence-corrected chi connectivity index (χ2v) is 5.87. The van der Waals surface area contributed by atoms with Gasteiger partial charge in [-0.15, -0.1) is 11.3 Å². The molecule has 1 aromatic heterocycles. The normalized spacial score (nSPS) is 11.4. The fourth-order valence-electron chi connectivity index (χ4n) is 1.80. The lowest BCUT2D eigenvalue weighted by molar-refractivity contribution is 1.83. The second kappa shape index (κ2) is 3.78. The minimum atomic E-state index is 0.662. The maximum atomic E-state index is 6.21. The van der Waals surface area contributed by atoms with E-state index in [1.165, 1.54) is 0 Å². The summed E-state index contributed by atoms with van der Waals surface area (Å²) in [5.74, 6) is 0. The van der Waals surface area contributed by atoms with E-state index < -0.39 is 0 Å². The third-order valence-corrected chi connectivity index (χ3v) is 4.30. The second-order valence-electron chi connectivity index (χ2n) is 3.50. The van der Waals surface area contributed by atoms with Crippen molar-refractivity contribution in [2.24, 2.45) is 0 Å². The van der Waals surface area contributed by atoms with E-state index in [1.54, 1.807) is 17.4 Å². The third kappa shape index (κ3) is 1.59. The van der Waals surface area contributed by atoms with E-state index in [0.717, 1.165) is 25.2 Å². The summed E-state index contributed by atoms with van der Waals surface area (Å²) in [5.41, 5.74) is 0. The van der Waals surface area contributed by atoms with E-state index >= 15 is 0 Å². The Morgan fingerprint density at radius 1 is 0.812 bits per heavy atom. The van der Waals surface area contributed by atoms with Crippen molar-refractivity contribution in [1.29, 1.82) is 0 Å². The largest absolute Gasteiger partial charge is 0.135 e. The Balaban J connectivity index is 2.56. The van der Waals surface area contributed by atoms with Gasteiger partial charge in [0.05, 0.1) is 5.02 Å². The Morgan fingerprint density at radius 3 is 2.38 bits per heavy atom. The zero-order valence-corrected chi connectivity index (χ0v) is 11.0. The third-order valence-electron chi connectivity index (χ3n) is 2.45. The molecule has 0 saturated heterocycles. The fraction of sp³-hybridized carbons (Fsp3) is 0. The fourth-order valence-corrected chi connectivity index (χ4v) is 3.96. The summed E-state index contributed by atoms with van der Waals surface area (Å²) in [4.78, 5) is 0. The van der Waals surface area contributed by atoms with Crippen molar-refractivity contribution >= 4 is 66.3 Å². The van der Waals surface area contributed by atoms with Crippen molar-refractivity contribution in [2.75, 3.05) is 0 Å². The molecule has 0 spiro atoms. The number of hydrogen-bond acceptors (Lipinski definition) is 1. The Morgan fingerprint density at radius 2 is 1.56 bits per heavy atom. The summed E-state index contributed by atoms with van der Waals surface area (Å²) < 4.78 is 2.22. The molecule has 0 radical (unpaired) electrons. The molecule has 3 rings (SSSR count). The average molecular weight is 288 g/mol. The summed E-state index contributed by atoms with van der Waals surface area (Å²) >= 11 is 19.8. The van der Waals surface area contributed by atoms with Gasteiger partial charge in [-0.1, -0.05) is 40.9 Å². The maximum Gasteiger partial charge on any atom is 0.0513 e. The van der Waals surface area contributed by atoms with Gasteiger partial charge in [-0.25, -0.2) is 0 Å². The highest BCUT2D eigenvalue weighted by molar-refractivity contribution is 7.26. The van der Waals surface area contributed by atoms with Gasteiger partial charge in [-0.05, 0) is 24.3 Å². The van der Waals surface area contributed by atoms with Crippen LogP contribution in [0.3, 0.4) is 0 Å². The molecule has 0 aliphatic rings. The van der Waals surface area contributed by atoms with Gasteiger partial charge in [0.1, 0.15) is 0 Å². The summed E-state index contributed by atoms with van der Waals surface area (Å²) in [6.07, 6.45) is 0. The van der Waals surface area contributed by atoms with E-state index in [4.69, 9.17) is 34.8 Å². The van der Waals surface area contributed by atoms with Gasteiger partial charge in [0.2, 0.25) is 0 Å². The maximum absolute atomic E-state index is 6.21. The highest BCUT2D eigenvalue weighted by atomic mass is 35.5. The number of benzene rings is 2. The molecule has 3 aromatic rings. The lowest BCUT2D eigenvalue weighted by Crippen LogP contribution is -1.70. The van der Waals surface area contributed by atoms with Crippen LogP contribution in [-0.4, -0.2) is 0 Å². The van der Waals surface area contributed by atoms with Crippen LogP contribution in [0.4, 0.5) is 0 Å². The summed E-state index contributed by atoms with van der Waals surface area (Å²) in [5, 5.41) is 4.28. The molecule has 0 unspecified atom stereocenters. The van der Waals surface area contributed by atoms with Gasteiger partial charge in [-0.2, -0.15) is 0 Å². The van der Waals surface area contributed by atoms with Crippen molar-refractivity contribution in [3.05, 3.63) is 45.4 Å². The molecule has 0 atom stereocenters. The lowest BCUT2D eigenvalue weighted by Gasteiger charge is -1.96. The van der Waals surface area contributed by atoms with Crippen LogP contribution in [0.15, 0.2) is 30.3 Å². The van der Waals surface area contributed by atoms with E-state index in [1.807, 2.05) is 24.3 Å². The number of thiophene rings is 1. The molecule has 0 nitrogen and oxygen atoms in total. The molecule has 16 heavy (non-hydrogen) atoms. The van der Waals surface area contributed by atoms with Crippen LogP contribution in [0.1, 0.15) is 0 Å². The first-order chi connectivity index (χ1) is 7.65. The molecular weight excluding hydrogens is 283 g/mol. The molecule has 0 aliphatic heterocycles. The predicted molar refractivity (Wildman–Crippen MR) is 74.4 cm³/mol. The Hall–Kier alpha value is -0.470. The summed E-state index contributed by atoms with van der Waals surface area (Å²) in [6.45, 7) is 0. The van der Waals surface area contributed by atoms with Crippen LogP contribution in [0.2, 0.25) is 15.1 Å². The smallest absolute Gasteiger partial charge is 0.0513 e. The van der Waals surface area contributed by atoms with Crippen LogP contribution >= 0.6 is 46.1 Å². The van der Waals surface area contributed by atoms with Crippen molar-refractivity contribution in [1.82, 2.24) is 0 Å². The van der Waals surface area contributed by atoms with Crippen LogP contribution in [0.25, 0.3) is 20.2 Å². The average Bonchev–Trinajstić information content (AvgIpc) is 2.54. The van der Waals surface area contributed by atoms with Crippen molar-refractivity contribution < 1.29 is 0 Å². The number of hydrogen-bond donors (Lipinski definition) is 0. The predicted octanol–water partition coefficient (Wildman–Crippen LogP) is 6.01. The Kier molecular flexibility index (Phi) is 2.52. The molecule has 2 aromatic carbocycles. The number of fused-ring (bicyclic) bond motifs is 3. The van der Waals surface area contributed by atoms with Gasteiger partial charge >= 0.3 is 0 Å². The first kappa shape index (κ1) is 10.7. The van der Waals surface area contributed by atoms with E-state index in [2.05, 4.69) is 0 Å². The summed E-state index contributed by atoms with van der Waals surface area (Å²) in [7, 11) is 0. The van der Waals surface area contributed by atoms with Gasteiger partial charge in [0.25, 0.3) is 0 Å². The monoisotopic (exact) mass is 286 g/mol. The van der Waals surface area contributed by atoms with E-state index in [-0.39, 0.29) is 0 Å². The van der Waals surface area contributed by atoms with Gasteiger partial charge in [-0.3, -0.25) is 0 Å². The van der Waals surface area contributed by atoms with Gasteiger partial charge in [0, 0.05) is 30.2 Å². The minimum Gasteiger partial charge on any atom is -0.135 e. The Bertz CT molecular complexity index is 700. The molecule has 0 bridgehead atoms. The standard InChI is InChI=1S/C12H5Cl3S/c13-6-1-2-8-10(4-6)16-11-5-7(14)3-9(15)12(8)11/h1-5H. The Labute approximate surface area is 111 Å². The van der Waals surface area contributed by atoms with Crippen molar-refractivity contribution in [3.63, 3.8) is 0 Å². The molecule has 0 aliphatic carbocycles. The first-order valence-corrected chi connectivity index (χ1v) is 6.57. The van der Waals surface area contributed by atoms with Crippen LogP contribution < -0.4 is 0 Å². The van der Waals surface area contributed by atoms with Crippen molar-refractivity contribution in [3.8, 4) is 0 Å².